The van der Waals surface area contributed by atoms with Gasteiger partial charge in [0.15, 0.2) is 0 Å². The van der Waals surface area contributed by atoms with Crippen LogP contribution in [0.5, 0.6) is 0 Å². The normalized spacial score (nSPS) is 43.9. The van der Waals surface area contributed by atoms with Gasteiger partial charge < -0.3 is 5.11 Å². The first-order valence-electron chi connectivity index (χ1n) is 12.5. The molecule has 3 nitrogen and oxygen atoms in total. The van der Waals surface area contributed by atoms with Crippen LogP contribution >= 0.6 is 0 Å². The molecule has 164 valence electrons. The molecule has 1 aromatic rings. The molecule has 30 heavy (non-hydrogen) atoms. The Labute approximate surface area is 182 Å². The maximum atomic E-state index is 10.2. The highest BCUT2D eigenvalue weighted by Gasteiger charge is 2.59. The molecular weight excluding hydrogens is 368 g/mol. The lowest BCUT2D eigenvalue weighted by atomic mass is 9.47. The third kappa shape index (κ3) is 3.27. The van der Waals surface area contributed by atoms with Gasteiger partial charge in [-0.2, -0.15) is 0 Å². The summed E-state index contributed by atoms with van der Waals surface area (Å²) in [7, 11) is 0. The summed E-state index contributed by atoms with van der Waals surface area (Å²) in [5, 5.41) is 10.2. The van der Waals surface area contributed by atoms with Gasteiger partial charge >= 0.3 is 0 Å². The fourth-order valence-corrected chi connectivity index (χ4v) is 8.65. The Morgan fingerprint density at radius 1 is 1.10 bits per heavy atom. The standard InChI is InChI=1S/C27H40N2O/c1-18(4-6-20-17-28-14-15-29-20)23-8-9-24-22-7-5-19-16-21(30)10-12-26(19,2)25(22)11-13-27(23,24)3/h5,14-15,17-18,21-25,30H,4,6-13,16H2,1-3H3. The molecule has 3 fully saturated rings. The first-order chi connectivity index (χ1) is 14.4. The number of aryl methyl sites for hydroxylation is 1. The van der Waals surface area contributed by atoms with E-state index in [2.05, 4.69) is 36.8 Å². The molecule has 4 aliphatic rings. The van der Waals surface area contributed by atoms with E-state index < -0.39 is 0 Å². The SMILES string of the molecule is CC(CCc1cnccn1)C1CCC2C3CC=C4CC(O)CCC4(C)C3CCC12C. The van der Waals surface area contributed by atoms with Crippen LogP contribution in [0.15, 0.2) is 30.2 Å². The summed E-state index contributed by atoms with van der Waals surface area (Å²) in [5.41, 5.74) is 3.61. The van der Waals surface area contributed by atoms with E-state index in [9.17, 15) is 5.11 Å². The Kier molecular flexibility index (Phi) is 5.32. The number of hydrogen-bond acceptors (Lipinski definition) is 3. The lowest BCUT2D eigenvalue weighted by Gasteiger charge is -2.58. The van der Waals surface area contributed by atoms with Crippen LogP contribution in [-0.4, -0.2) is 21.2 Å². The molecule has 5 rings (SSSR count). The molecule has 1 aromatic heterocycles. The van der Waals surface area contributed by atoms with Crippen molar-refractivity contribution >= 4 is 0 Å². The Morgan fingerprint density at radius 2 is 1.97 bits per heavy atom. The molecule has 3 saturated carbocycles. The molecule has 0 saturated heterocycles. The smallest absolute Gasteiger partial charge is 0.0586 e. The highest BCUT2D eigenvalue weighted by atomic mass is 16.3. The summed E-state index contributed by atoms with van der Waals surface area (Å²) in [6, 6.07) is 0. The van der Waals surface area contributed by atoms with E-state index in [-0.39, 0.29) is 6.10 Å². The second kappa shape index (κ2) is 7.73. The molecule has 0 spiro atoms. The average molecular weight is 409 g/mol. The van der Waals surface area contributed by atoms with Crippen molar-refractivity contribution < 1.29 is 5.11 Å². The lowest BCUT2D eigenvalue weighted by Crippen LogP contribution is -2.50. The van der Waals surface area contributed by atoms with Crippen LogP contribution in [0.2, 0.25) is 0 Å². The molecule has 0 bridgehead atoms. The molecular formula is C27H40N2O. The van der Waals surface area contributed by atoms with Crippen LogP contribution in [0.25, 0.3) is 0 Å². The number of rotatable bonds is 4. The number of aromatic nitrogens is 2. The van der Waals surface area contributed by atoms with Gasteiger partial charge in [-0.15, -0.1) is 0 Å². The van der Waals surface area contributed by atoms with Crippen LogP contribution in [0, 0.1) is 40.4 Å². The fourth-order valence-electron chi connectivity index (χ4n) is 8.65. The van der Waals surface area contributed by atoms with E-state index in [1.165, 1.54) is 44.9 Å². The molecule has 8 unspecified atom stereocenters. The zero-order valence-corrected chi connectivity index (χ0v) is 19.2. The van der Waals surface area contributed by atoms with Gasteiger partial charge in [-0.3, -0.25) is 9.97 Å². The number of allylic oxidation sites excluding steroid dienone is 1. The zero-order chi connectivity index (χ0) is 20.9. The van der Waals surface area contributed by atoms with Crippen LogP contribution in [-0.2, 0) is 6.42 Å². The maximum absolute atomic E-state index is 10.2. The summed E-state index contributed by atoms with van der Waals surface area (Å²) in [6.45, 7) is 7.69. The Morgan fingerprint density at radius 3 is 2.77 bits per heavy atom. The predicted molar refractivity (Wildman–Crippen MR) is 121 cm³/mol. The second-order valence-corrected chi connectivity index (χ2v) is 11.6. The minimum absolute atomic E-state index is 0.0965. The summed E-state index contributed by atoms with van der Waals surface area (Å²) in [4.78, 5) is 8.74. The number of aliphatic hydroxyl groups is 1. The van der Waals surface area contributed by atoms with Crippen LogP contribution < -0.4 is 0 Å². The predicted octanol–water partition coefficient (Wildman–Crippen LogP) is 5.99. The van der Waals surface area contributed by atoms with Gasteiger partial charge in [0, 0.05) is 18.6 Å². The highest BCUT2D eigenvalue weighted by molar-refractivity contribution is 5.25. The Hall–Kier alpha value is -1.22. The molecule has 0 aliphatic heterocycles. The van der Waals surface area contributed by atoms with E-state index in [0.29, 0.717) is 10.8 Å². The van der Waals surface area contributed by atoms with Crippen LogP contribution in [0.4, 0.5) is 0 Å². The monoisotopic (exact) mass is 408 g/mol. The average Bonchev–Trinajstić information content (AvgIpc) is 3.10. The summed E-state index contributed by atoms with van der Waals surface area (Å²) in [5.74, 6) is 4.21. The first kappa shape index (κ1) is 20.7. The first-order valence-corrected chi connectivity index (χ1v) is 12.5. The largest absolute Gasteiger partial charge is 0.393 e. The molecule has 1 heterocycles. The zero-order valence-electron chi connectivity index (χ0n) is 19.2. The van der Waals surface area contributed by atoms with Gasteiger partial charge in [0.25, 0.3) is 0 Å². The van der Waals surface area contributed by atoms with Gasteiger partial charge in [0.2, 0.25) is 0 Å². The van der Waals surface area contributed by atoms with Crippen molar-refractivity contribution in [1.29, 1.82) is 0 Å². The van der Waals surface area contributed by atoms with Crippen LogP contribution in [0.1, 0.15) is 84.3 Å². The van der Waals surface area contributed by atoms with Crippen molar-refractivity contribution in [1.82, 2.24) is 9.97 Å². The molecule has 1 N–H and O–H groups in total. The maximum Gasteiger partial charge on any atom is 0.0586 e. The molecule has 8 atom stereocenters. The van der Waals surface area contributed by atoms with E-state index in [0.717, 1.165) is 54.5 Å². The van der Waals surface area contributed by atoms with Gasteiger partial charge in [-0.25, -0.2) is 0 Å². The number of aliphatic hydroxyl groups excluding tert-OH is 1. The van der Waals surface area contributed by atoms with E-state index in [1.54, 1.807) is 11.8 Å². The number of nitrogens with zero attached hydrogens (tertiary/aromatic N) is 2. The van der Waals surface area contributed by atoms with E-state index in [4.69, 9.17) is 0 Å². The third-order valence-electron chi connectivity index (χ3n) is 10.3. The van der Waals surface area contributed by atoms with E-state index >= 15 is 0 Å². The lowest BCUT2D eigenvalue weighted by molar-refractivity contribution is -0.0571. The van der Waals surface area contributed by atoms with Crippen molar-refractivity contribution in [3.63, 3.8) is 0 Å². The summed E-state index contributed by atoms with van der Waals surface area (Å²) in [6.07, 6.45) is 20.3. The Bertz CT molecular complexity index is 791. The van der Waals surface area contributed by atoms with Crippen molar-refractivity contribution in [3.8, 4) is 0 Å². The van der Waals surface area contributed by atoms with Crippen molar-refractivity contribution in [2.24, 2.45) is 40.4 Å². The quantitative estimate of drug-likeness (QED) is 0.623. The molecule has 4 aliphatic carbocycles. The van der Waals surface area contributed by atoms with Crippen molar-refractivity contribution in [2.45, 2.75) is 91.1 Å². The summed E-state index contributed by atoms with van der Waals surface area (Å²) >= 11 is 0. The number of hydrogen-bond donors (Lipinski definition) is 1. The fraction of sp³-hybridized carbons (Fsp3) is 0.778. The molecule has 3 heteroatoms. The number of fused-ring (bicyclic) bond motifs is 5. The van der Waals surface area contributed by atoms with Gasteiger partial charge in [0.05, 0.1) is 11.8 Å². The summed E-state index contributed by atoms with van der Waals surface area (Å²) < 4.78 is 0. The van der Waals surface area contributed by atoms with Gasteiger partial charge in [-0.1, -0.05) is 32.4 Å². The highest BCUT2D eigenvalue weighted by Crippen LogP contribution is 2.67. The minimum atomic E-state index is -0.0965. The molecule has 0 radical (unpaired) electrons. The topological polar surface area (TPSA) is 46.0 Å². The van der Waals surface area contributed by atoms with Gasteiger partial charge in [0.1, 0.15) is 0 Å². The minimum Gasteiger partial charge on any atom is -0.393 e. The second-order valence-electron chi connectivity index (χ2n) is 11.6. The van der Waals surface area contributed by atoms with Crippen molar-refractivity contribution in [3.05, 3.63) is 35.9 Å². The van der Waals surface area contributed by atoms with Crippen molar-refractivity contribution in [2.75, 3.05) is 0 Å². The van der Waals surface area contributed by atoms with Crippen LogP contribution in [0.3, 0.4) is 0 Å². The Balaban J connectivity index is 1.31. The molecule has 0 aromatic carbocycles. The van der Waals surface area contributed by atoms with E-state index in [1.807, 2.05) is 12.4 Å². The third-order valence-corrected chi connectivity index (χ3v) is 10.3. The van der Waals surface area contributed by atoms with Gasteiger partial charge in [-0.05, 0) is 105 Å². The molecule has 0 amide bonds.